The molecule has 0 spiro atoms. The topological polar surface area (TPSA) is 38.3 Å². The number of alkyl halides is 1. The molecule has 0 aliphatic rings. The van der Waals surface area contributed by atoms with Gasteiger partial charge in [-0.1, -0.05) is 23.7 Å². The molecule has 0 heterocycles. The smallest absolute Gasteiger partial charge is 0.252 e. The Labute approximate surface area is 111 Å². The van der Waals surface area contributed by atoms with Crippen LogP contribution in [-0.4, -0.2) is 31.5 Å². The lowest BCUT2D eigenvalue weighted by Gasteiger charge is -2.09. The van der Waals surface area contributed by atoms with E-state index in [2.05, 4.69) is 5.32 Å². The lowest BCUT2D eigenvalue weighted by atomic mass is 10.2. The summed E-state index contributed by atoms with van der Waals surface area (Å²) in [5.41, 5.74) is 0.479. The first-order valence-corrected chi connectivity index (χ1v) is 6.12. The first kappa shape index (κ1) is 14.3. The minimum atomic E-state index is -0.183. The molecule has 1 unspecified atom stereocenters. The SMILES string of the molecule is COCC(Cl)CCNC(=O)c1ccccc1Cl. The standard InChI is InChI=1S/C12H15Cl2NO2/c1-17-8-9(13)6-7-15-12(16)10-4-2-3-5-11(10)14/h2-5,9H,6-8H2,1H3,(H,15,16). The van der Waals surface area contributed by atoms with Gasteiger partial charge in [-0.3, -0.25) is 4.79 Å². The molecule has 0 bridgehead atoms. The monoisotopic (exact) mass is 275 g/mol. The summed E-state index contributed by atoms with van der Waals surface area (Å²) in [5.74, 6) is -0.183. The lowest BCUT2D eigenvalue weighted by Crippen LogP contribution is -2.27. The van der Waals surface area contributed by atoms with Crippen molar-refractivity contribution in [1.29, 1.82) is 0 Å². The first-order chi connectivity index (χ1) is 8.15. The number of halogens is 2. The summed E-state index contributed by atoms with van der Waals surface area (Å²) in [5, 5.41) is 3.12. The molecule has 1 N–H and O–H groups in total. The highest BCUT2D eigenvalue weighted by Gasteiger charge is 2.10. The molecule has 1 aromatic rings. The number of ether oxygens (including phenoxy) is 1. The third kappa shape index (κ3) is 4.94. The van der Waals surface area contributed by atoms with Gasteiger partial charge in [-0.15, -0.1) is 11.6 Å². The molecule has 3 nitrogen and oxygen atoms in total. The van der Waals surface area contributed by atoms with Crippen LogP contribution >= 0.6 is 23.2 Å². The molecule has 94 valence electrons. The van der Waals surface area contributed by atoms with Gasteiger partial charge in [-0.25, -0.2) is 0 Å². The summed E-state index contributed by atoms with van der Waals surface area (Å²) in [6, 6.07) is 6.93. The van der Waals surface area contributed by atoms with Gasteiger partial charge < -0.3 is 10.1 Å². The Balaban J connectivity index is 2.38. The van der Waals surface area contributed by atoms with Gasteiger partial charge in [-0.2, -0.15) is 0 Å². The van der Waals surface area contributed by atoms with Crippen LogP contribution in [0.4, 0.5) is 0 Å². The van der Waals surface area contributed by atoms with Gasteiger partial charge in [0, 0.05) is 13.7 Å². The summed E-state index contributed by atoms with van der Waals surface area (Å²) in [4.78, 5) is 11.7. The van der Waals surface area contributed by atoms with E-state index in [9.17, 15) is 4.79 Å². The molecule has 1 atom stereocenters. The van der Waals surface area contributed by atoms with Crippen molar-refractivity contribution >= 4 is 29.1 Å². The zero-order valence-corrected chi connectivity index (χ0v) is 11.1. The first-order valence-electron chi connectivity index (χ1n) is 5.31. The van der Waals surface area contributed by atoms with Gasteiger partial charge in [0.05, 0.1) is 22.6 Å². The van der Waals surface area contributed by atoms with E-state index in [0.29, 0.717) is 30.2 Å². The second-order valence-corrected chi connectivity index (χ2v) is 4.60. The van der Waals surface area contributed by atoms with Crippen molar-refractivity contribution in [2.75, 3.05) is 20.3 Å². The second kappa shape index (κ2) is 7.54. The van der Waals surface area contributed by atoms with E-state index in [1.807, 2.05) is 0 Å². The van der Waals surface area contributed by atoms with Crippen LogP contribution in [0.3, 0.4) is 0 Å². The zero-order chi connectivity index (χ0) is 12.7. The maximum absolute atomic E-state index is 11.7. The van der Waals surface area contributed by atoms with Crippen molar-refractivity contribution in [2.45, 2.75) is 11.8 Å². The largest absolute Gasteiger partial charge is 0.383 e. The number of amides is 1. The van der Waals surface area contributed by atoms with E-state index in [1.54, 1.807) is 31.4 Å². The summed E-state index contributed by atoms with van der Waals surface area (Å²) < 4.78 is 4.90. The molecular weight excluding hydrogens is 261 g/mol. The molecular formula is C12H15Cl2NO2. The molecule has 0 aliphatic carbocycles. The number of hydrogen-bond acceptors (Lipinski definition) is 2. The highest BCUT2D eigenvalue weighted by Crippen LogP contribution is 2.14. The number of rotatable bonds is 6. The Bertz CT molecular complexity index is 371. The van der Waals surface area contributed by atoms with E-state index >= 15 is 0 Å². The number of carbonyl (C=O) groups is 1. The van der Waals surface area contributed by atoms with Crippen molar-refractivity contribution in [3.8, 4) is 0 Å². The fourth-order valence-corrected chi connectivity index (χ4v) is 1.80. The average Bonchev–Trinajstić information content (AvgIpc) is 2.29. The fraction of sp³-hybridized carbons (Fsp3) is 0.417. The molecule has 0 fully saturated rings. The molecule has 17 heavy (non-hydrogen) atoms. The number of nitrogens with one attached hydrogen (secondary N) is 1. The van der Waals surface area contributed by atoms with Gasteiger partial charge in [0.2, 0.25) is 0 Å². The van der Waals surface area contributed by atoms with E-state index in [1.165, 1.54) is 0 Å². The molecule has 0 aromatic heterocycles. The van der Waals surface area contributed by atoms with Crippen LogP contribution in [0.25, 0.3) is 0 Å². The number of methoxy groups -OCH3 is 1. The maximum atomic E-state index is 11.7. The molecule has 1 rings (SSSR count). The minimum absolute atomic E-state index is 0.0912. The maximum Gasteiger partial charge on any atom is 0.252 e. The number of hydrogen-bond donors (Lipinski definition) is 1. The van der Waals surface area contributed by atoms with Gasteiger partial charge >= 0.3 is 0 Å². The third-order valence-electron chi connectivity index (χ3n) is 2.21. The van der Waals surface area contributed by atoms with Crippen LogP contribution in [0.2, 0.25) is 5.02 Å². The highest BCUT2D eigenvalue weighted by atomic mass is 35.5. The van der Waals surface area contributed by atoms with Crippen molar-refractivity contribution in [3.63, 3.8) is 0 Å². The van der Waals surface area contributed by atoms with Gasteiger partial charge in [0.15, 0.2) is 0 Å². The molecule has 0 saturated heterocycles. The highest BCUT2D eigenvalue weighted by molar-refractivity contribution is 6.33. The molecule has 0 aliphatic heterocycles. The normalized spacial score (nSPS) is 12.2. The molecule has 5 heteroatoms. The summed E-state index contributed by atoms with van der Waals surface area (Å²) in [6.45, 7) is 0.977. The summed E-state index contributed by atoms with van der Waals surface area (Å²) in [6.07, 6.45) is 0.658. The van der Waals surface area contributed by atoms with Crippen LogP contribution in [0, 0.1) is 0 Å². The predicted molar refractivity (Wildman–Crippen MR) is 69.9 cm³/mol. The molecule has 0 radical (unpaired) electrons. The molecule has 1 aromatic carbocycles. The predicted octanol–water partition coefficient (Wildman–Crippen LogP) is 2.71. The van der Waals surface area contributed by atoms with Crippen molar-refractivity contribution in [2.24, 2.45) is 0 Å². The quantitative estimate of drug-likeness (QED) is 0.811. The third-order valence-corrected chi connectivity index (χ3v) is 2.88. The van der Waals surface area contributed by atoms with E-state index < -0.39 is 0 Å². The van der Waals surface area contributed by atoms with Crippen molar-refractivity contribution in [1.82, 2.24) is 5.32 Å². The van der Waals surface area contributed by atoms with Crippen LogP contribution < -0.4 is 5.32 Å². The molecule has 1 amide bonds. The van der Waals surface area contributed by atoms with E-state index in [0.717, 1.165) is 0 Å². The second-order valence-electron chi connectivity index (χ2n) is 3.58. The average molecular weight is 276 g/mol. The number of carbonyl (C=O) groups excluding carboxylic acids is 1. The van der Waals surface area contributed by atoms with Gasteiger partial charge in [0.25, 0.3) is 5.91 Å². The van der Waals surface area contributed by atoms with Crippen molar-refractivity contribution < 1.29 is 9.53 Å². The Hall–Kier alpha value is -0.770. The fourth-order valence-electron chi connectivity index (χ4n) is 1.35. The number of benzene rings is 1. The van der Waals surface area contributed by atoms with E-state index in [-0.39, 0.29) is 11.3 Å². The van der Waals surface area contributed by atoms with Crippen LogP contribution in [0.15, 0.2) is 24.3 Å². The Kier molecular flexibility index (Phi) is 6.34. The van der Waals surface area contributed by atoms with Gasteiger partial charge in [-0.05, 0) is 18.6 Å². The summed E-state index contributed by atoms with van der Waals surface area (Å²) >= 11 is 11.8. The van der Waals surface area contributed by atoms with Crippen molar-refractivity contribution in [3.05, 3.63) is 34.9 Å². The molecule has 0 saturated carbocycles. The lowest BCUT2D eigenvalue weighted by molar-refractivity contribution is 0.0952. The van der Waals surface area contributed by atoms with Crippen LogP contribution in [-0.2, 0) is 4.74 Å². The Morgan fingerprint density at radius 2 is 2.18 bits per heavy atom. The van der Waals surface area contributed by atoms with Crippen LogP contribution in [0.1, 0.15) is 16.8 Å². The minimum Gasteiger partial charge on any atom is -0.383 e. The van der Waals surface area contributed by atoms with Gasteiger partial charge in [0.1, 0.15) is 0 Å². The zero-order valence-electron chi connectivity index (χ0n) is 9.58. The Morgan fingerprint density at radius 3 is 2.82 bits per heavy atom. The Morgan fingerprint density at radius 1 is 1.47 bits per heavy atom. The summed E-state index contributed by atoms with van der Waals surface area (Å²) in [7, 11) is 1.59. The van der Waals surface area contributed by atoms with E-state index in [4.69, 9.17) is 27.9 Å². The van der Waals surface area contributed by atoms with Crippen LogP contribution in [0.5, 0.6) is 0 Å².